The number of halogens is 3. The van der Waals surface area contributed by atoms with Crippen LogP contribution >= 0.6 is 11.3 Å². The van der Waals surface area contributed by atoms with Crippen molar-refractivity contribution in [2.75, 3.05) is 66.6 Å². The summed E-state index contributed by atoms with van der Waals surface area (Å²) in [5, 5.41) is 7.72. The fourth-order valence-electron chi connectivity index (χ4n) is 11.9. The molecule has 20 heteroatoms. The molecule has 16 nitrogen and oxygen atoms in total. The van der Waals surface area contributed by atoms with E-state index in [1.807, 2.05) is 49.1 Å². The van der Waals surface area contributed by atoms with Gasteiger partial charge in [0.05, 0.1) is 60.5 Å². The van der Waals surface area contributed by atoms with Gasteiger partial charge in [0.1, 0.15) is 30.3 Å². The molecule has 2 aromatic heterocycles. The van der Waals surface area contributed by atoms with Crippen molar-refractivity contribution in [1.29, 1.82) is 0 Å². The maximum atomic E-state index is 15.0. The molecule has 6 bridgehead atoms. The predicted octanol–water partition coefficient (Wildman–Crippen LogP) is 5.37. The highest BCUT2D eigenvalue weighted by Gasteiger charge is 2.54. The number of thiazole rings is 1. The molecule has 7 aliphatic rings. The van der Waals surface area contributed by atoms with E-state index in [-0.39, 0.29) is 43.2 Å². The van der Waals surface area contributed by atoms with E-state index in [0.29, 0.717) is 115 Å². The number of rotatable bonds is 9. The molecule has 1 aromatic carbocycles. The molecule has 1 aliphatic carbocycles. The van der Waals surface area contributed by atoms with Crippen LogP contribution in [0.2, 0.25) is 0 Å². The number of aliphatic imine (C=N–C) groups is 1. The molecule has 71 heavy (non-hydrogen) atoms. The highest BCUT2D eigenvalue weighted by Crippen LogP contribution is 2.43. The minimum Gasteiger partial charge on any atom is -0.464 e. The summed E-state index contributed by atoms with van der Waals surface area (Å²) in [6.07, 6.45) is 2.71. The molecule has 384 valence electrons. The molecule has 0 radical (unpaired) electrons. The molecule has 4 saturated heterocycles. The van der Waals surface area contributed by atoms with E-state index in [2.05, 4.69) is 20.6 Å². The summed E-state index contributed by atoms with van der Waals surface area (Å²) in [5.74, 6) is -1.04. The van der Waals surface area contributed by atoms with Gasteiger partial charge in [-0.15, -0.1) is 11.3 Å². The number of morpholine rings is 1. The Kier molecular flexibility index (Phi) is 13.8. The van der Waals surface area contributed by atoms with Crippen LogP contribution < -0.4 is 10.7 Å². The largest absolute Gasteiger partial charge is 0.464 e. The topological polar surface area (TPSA) is 163 Å². The van der Waals surface area contributed by atoms with Gasteiger partial charge in [0.25, 0.3) is 5.91 Å². The van der Waals surface area contributed by atoms with Crippen LogP contribution in [0.25, 0.3) is 27.7 Å². The highest BCUT2D eigenvalue weighted by molar-refractivity contribution is 7.10. The zero-order valence-corrected chi connectivity index (χ0v) is 42.1. The number of esters is 1. The number of hydrogen-bond donors (Lipinski definition) is 2. The third-order valence-electron chi connectivity index (χ3n) is 15.6. The Morgan fingerprint density at radius 2 is 1.86 bits per heavy atom. The number of allylic oxidation sites excluding steroid dienone is 1. The molecule has 3 aromatic rings. The number of benzene rings is 1. The molecule has 3 amide bonds. The van der Waals surface area contributed by atoms with Gasteiger partial charge >= 0.3 is 12.1 Å². The van der Waals surface area contributed by atoms with Crippen LogP contribution in [0.5, 0.6) is 0 Å². The van der Waals surface area contributed by atoms with Crippen LogP contribution in [0.1, 0.15) is 88.4 Å². The van der Waals surface area contributed by atoms with Crippen molar-refractivity contribution in [1.82, 2.24) is 40.0 Å². The molecule has 5 fully saturated rings. The number of hydrazine groups is 1. The monoisotopic (exact) mass is 1010 g/mol. The number of likely N-dealkylation sites (tertiary alicyclic amines) is 1. The minimum atomic E-state index is -4.55. The zero-order valence-electron chi connectivity index (χ0n) is 41.3. The standard InChI is InChI=1S/C51H66F3N9O7S/c1-30(68-5)42-33(12-8-16-55-42)44-35-22-49(2,3)29-69-48(67)36-13-9-17-63(58-36)46(65)37(21-41-56-38(24-71-41)32-14-15-39(34(35)20-32)62(44)28-51(52,53)54)57-45(64)43(31-10-6-7-11-31)60-18-19-70-50(25-60)26-61(27-50)47(66)40-23-59(40)4/h14-16,20,24,30-31,36-37,40,43,58H,6-13,17-19,21-23,25-29H2,1-5H3,(H,57,64)/t30-,36-,37-,40+,43-,59?/m0/s1. The molecule has 1 unspecified atom stereocenters. The van der Waals surface area contributed by atoms with Crippen molar-refractivity contribution in [2.24, 2.45) is 16.3 Å². The van der Waals surface area contributed by atoms with Crippen LogP contribution in [0.3, 0.4) is 0 Å². The fraction of sp³-hybridized carbons (Fsp3) is 0.647. The first-order valence-corrected chi connectivity index (χ1v) is 26.1. The Morgan fingerprint density at radius 1 is 1.08 bits per heavy atom. The number of methoxy groups -OCH3 is 1. The van der Waals surface area contributed by atoms with Crippen LogP contribution in [0, 0.1) is 11.3 Å². The highest BCUT2D eigenvalue weighted by atomic mass is 32.1. The molecule has 1 spiro atoms. The first-order valence-electron chi connectivity index (χ1n) is 25.3. The predicted molar refractivity (Wildman–Crippen MR) is 261 cm³/mol. The number of carbonyl (C=O) groups excluding carboxylic acids is 4. The summed E-state index contributed by atoms with van der Waals surface area (Å²) < 4.78 is 63.7. The van der Waals surface area contributed by atoms with Crippen LogP contribution in [-0.4, -0.2) is 168 Å². The van der Waals surface area contributed by atoms with E-state index >= 15 is 4.79 Å². The van der Waals surface area contributed by atoms with E-state index in [0.717, 1.165) is 32.2 Å². The summed E-state index contributed by atoms with van der Waals surface area (Å²) in [5.41, 5.74) is 5.86. The van der Waals surface area contributed by atoms with Crippen molar-refractivity contribution in [3.05, 3.63) is 45.5 Å². The lowest BCUT2D eigenvalue weighted by Crippen LogP contribution is -2.73. The smallest absolute Gasteiger partial charge is 0.406 e. The molecular formula is C51H66F3N9O7S. The second-order valence-corrected chi connectivity index (χ2v) is 22.6. The lowest BCUT2D eigenvalue weighted by molar-refractivity contribution is -0.198. The van der Waals surface area contributed by atoms with E-state index < -0.39 is 59.8 Å². The number of nitrogens with zero attached hydrogens (tertiary/aromatic N) is 7. The Balaban J connectivity index is 1.01. The molecule has 8 heterocycles. The Bertz CT molecular complexity index is 2620. The number of likely N-dealkylation sites (N-methyl/N-ethyl adjacent to an activating group) is 1. The second-order valence-electron chi connectivity index (χ2n) is 21.6. The van der Waals surface area contributed by atoms with Gasteiger partial charge in [-0.2, -0.15) is 13.2 Å². The van der Waals surface area contributed by atoms with Crippen LogP contribution in [-0.2, 0) is 52.8 Å². The molecule has 6 aliphatic heterocycles. The van der Waals surface area contributed by atoms with Gasteiger partial charge in [-0.1, -0.05) is 32.8 Å². The van der Waals surface area contributed by atoms with E-state index in [4.69, 9.17) is 19.2 Å². The first-order chi connectivity index (χ1) is 33.9. The number of nitrogens with one attached hydrogen (secondary N) is 2. The van der Waals surface area contributed by atoms with Crippen molar-refractivity contribution in [2.45, 2.75) is 134 Å². The number of aromatic nitrogens is 2. The summed E-state index contributed by atoms with van der Waals surface area (Å²) in [6.45, 7) is 7.85. The van der Waals surface area contributed by atoms with E-state index in [1.165, 1.54) is 20.9 Å². The number of fused-ring (bicyclic) bond motifs is 6. The summed E-state index contributed by atoms with van der Waals surface area (Å²) in [7, 11) is 3.49. The maximum Gasteiger partial charge on any atom is 0.406 e. The minimum absolute atomic E-state index is 0.0483. The van der Waals surface area contributed by atoms with Gasteiger partial charge in [-0.05, 0) is 82.5 Å². The number of amides is 3. The van der Waals surface area contributed by atoms with Gasteiger partial charge < -0.3 is 29.0 Å². The quantitative estimate of drug-likeness (QED) is 0.210. The molecule has 2 N–H and O–H groups in total. The molecule has 10 rings (SSSR count). The van der Waals surface area contributed by atoms with Crippen LogP contribution in [0.4, 0.5) is 13.2 Å². The number of cyclic esters (lactones) is 1. The lowest BCUT2D eigenvalue weighted by atomic mass is 9.83. The fourth-order valence-corrected chi connectivity index (χ4v) is 12.7. The maximum absolute atomic E-state index is 15.0. The Hall–Kier alpha value is -4.73. The van der Waals surface area contributed by atoms with Crippen molar-refractivity contribution >= 4 is 57.7 Å². The third kappa shape index (κ3) is 10.3. The number of alkyl halides is 3. The number of hydrogen-bond acceptors (Lipinski definition) is 13. The van der Waals surface area contributed by atoms with Crippen molar-refractivity contribution in [3.63, 3.8) is 0 Å². The van der Waals surface area contributed by atoms with Crippen LogP contribution in [0.15, 0.2) is 34.3 Å². The van der Waals surface area contributed by atoms with E-state index in [1.54, 1.807) is 25.5 Å². The normalized spacial score (nSPS) is 27.1. The molecule has 6 atom stereocenters. The number of carbonyl (C=O) groups is 4. The van der Waals surface area contributed by atoms with Crippen molar-refractivity contribution in [3.8, 4) is 11.3 Å². The Labute approximate surface area is 416 Å². The number of ether oxygens (including phenoxy) is 3. The SMILES string of the molecule is CO[C@@H](C)C1=C(c2c3c4cc(ccc4n2CC(F)(F)F)-c2csc(n2)C[C@H](NC(=O)[C@H](C2CCCC2)N2CCOC4(CN(C(=O)[C@H]5CN5C)C4)C2)C(=O)N2CCC[C@H](N2)C(=O)OCC(C)(C)C3)CCC=N1. The second kappa shape index (κ2) is 19.6. The lowest BCUT2D eigenvalue weighted by Gasteiger charge is -2.55. The summed E-state index contributed by atoms with van der Waals surface area (Å²) in [6, 6.07) is 2.86. The molecular weight excluding hydrogens is 940 g/mol. The van der Waals surface area contributed by atoms with Crippen molar-refractivity contribution < 1.29 is 46.6 Å². The van der Waals surface area contributed by atoms with Gasteiger partial charge in [0, 0.05) is 78.8 Å². The van der Waals surface area contributed by atoms with Gasteiger partial charge in [0.2, 0.25) is 11.8 Å². The average molecular weight is 1010 g/mol. The zero-order chi connectivity index (χ0) is 50.0. The molecule has 1 saturated carbocycles. The third-order valence-corrected chi connectivity index (χ3v) is 16.5. The average Bonchev–Trinajstić information content (AvgIpc) is 3.65. The van der Waals surface area contributed by atoms with Gasteiger partial charge in [-0.25, -0.2) is 10.4 Å². The van der Waals surface area contributed by atoms with Gasteiger partial charge in [0.15, 0.2) is 0 Å². The summed E-state index contributed by atoms with van der Waals surface area (Å²) >= 11 is 1.34. The Morgan fingerprint density at radius 3 is 2.59 bits per heavy atom. The first kappa shape index (κ1) is 49.8. The van der Waals surface area contributed by atoms with E-state index in [9.17, 15) is 27.6 Å². The van der Waals surface area contributed by atoms with Gasteiger partial charge in [-0.3, -0.25) is 39.0 Å². The summed E-state index contributed by atoms with van der Waals surface area (Å²) in [4.78, 5) is 72.8.